The van der Waals surface area contributed by atoms with Gasteiger partial charge in [0.2, 0.25) is 5.82 Å². The van der Waals surface area contributed by atoms with E-state index in [-0.39, 0.29) is 24.1 Å². The Kier molecular flexibility index (Phi) is 5.73. The van der Waals surface area contributed by atoms with E-state index >= 15 is 0 Å². The van der Waals surface area contributed by atoms with Crippen molar-refractivity contribution < 1.29 is 23.2 Å². The smallest absolute Gasteiger partial charge is 0.344 e. The lowest BCUT2D eigenvalue weighted by atomic mass is 10.1. The molecule has 0 saturated carbocycles. The third-order valence-electron chi connectivity index (χ3n) is 4.27. The topological polar surface area (TPSA) is 74.5 Å². The van der Waals surface area contributed by atoms with E-state index in [9.17, 15) is 9.18 Å². The Morgan fingerprint density at radius 3 is 2.54 bits per heavy atom. The van der Waals surface area contributed by atoms with Gasteiger partial charge in [0.1, 0.15) is 11.6 Å². The molecule has 0 radical (unpaired) electrons. The van der Waals surface area contributed by atoms with E-state index in [4.69, 9.17) is 14.0 Å². The summed E-state index contributed by atoms with van der Waals surface area (Å²) in [6.07, 6.45) is -0.759. The van der Waals surface area contributed by atoms with Crippen molar-refractivity contribution in [3.8, 4) is 17.1 Å². The predicted molar refractivity (Wildman–Crippen MR) is 100 cm³/mol. The quantitative estimate of drug-likeness (QED) is 0.583. The van der Waals surface area contributed by atoms with E-state index < -0.39 is 12.1 Å². The first-order valence-electron chi connectivity index (χ1n) is 8.83. The number of esters is 1. The van der Waals surface area contributed by atoms with Crippen molar-refractivity contribution >= 4 is 5.97 Å². The summed E-state index contributed by atoms with van der Waals surface area (Å²) in [4.78, 5) is 16.3. The van der Waals surface area contributed by atoms with Gasteiger partial charge in [0, 0.05) is 5.56 Å². The zero-order valence-electron chi connectivity index (χ0n) is 16.2. The molecule has 0 spiro atoms. The highest BCUT2D eigenvalue weighted by atomic mass is 19.1. The Morgan fingerprint density at radius 2 is 1.86 bits per heavy atom. The van der Waals surface area contributed by atoms with E-state index in [1.807, 2.05) is 32.0 Å². The molecular formula is C21H21FN2O4. The molecule has 0 saturated heterocycles. The number of carbonyl (C=O) groups excluding carboxylic acids is 1. The van der Waals surface area contributed by atoms with Gasteiger partial charge in [-0.3, -0.25) is 0 Å². The number of hydrogen-bond donors (Lipinski definition) is 0. The number of benzene rings is 2. The maximum absolute atomic E-state index is 13.7. The highest BCUT2D eigenvalue weighted by molar-refractivity contribution is 5.71. The van der Waals surface area contributed by atoms with Gasteiger partial charge in [-0.2, -0.15) is 4.98 Å². The Morgan fingerprint density at radius 1 is 1.14 bits per heavy atom. The van der Waals surface area contributed by atoms with Crippen LogP contribution in [0.3, 0.4) is 0 Å². The Hall–Kier alpha value is -3.22. The third-order valence-corrected chi connectivity index (χ3v) is 4.27. The standard InChI is InChI=1S/C21H21FN2O4/c1-12-8-9-16(10-17(12)22)20-23-21(28-24-20)15(4)27-18(25)11-26-19-13(2)6-5-7-14(19)3/h5-10,15H,11H2,1-4H3. The number of aryl methyl sites for hydroxylation is 3. The lowest BCUT2D eigenvalue weighted by Gasteiger charge is -2.13. The molecule has 1 aromatic heterocycles. The molecule has 1 unspecified atom stereocenters. The van der Waals surface area contributed by atoms with Gasteiger partial charge in [0.15, 0.2) is 12.7 Å². The molecule has 0 aliphatic rings. The first-order valence-corrected chi connectivity index (χ1v) is 8.83. The normalized spacial score (nSPS) is 11.9. The van der Waals surface area contributed by atoms with Gasteiger partial charge < -0.3 is 14.0 Å². The molecule has 0 bridgehead atoms. The van der Waals surface area contributed by atoms with Crippen LogP contribution in [0.5, 0.6) is 5.75 Å². The van der Waals surface area contributed by atoms with Gasteiger partial charge in [-0.1, -0.05) is 35.5 Å². The number of ether oxygens (including phenoxy) is 2. The molecule has 28 heavy (non-hydrogen) atoms. The molecule has 0 amide bonds. The molecule has 7 heteroatoms. The van der Waals surface area contributed by atoms with Crippen molar-refractivity contribution in [1.29, 1.82) is 0 Å². The number of carbonyl (C=O) groups is 1. The summed E-state index contributed by atoms with van der Waals surface area (Å²) in [7, 11) is 0. The minimum absolute atomic E-state index is 0.122. The fourth-order valence-electron chi connectivity index (χ4n) is 2.69. The number of rotatable bonds is 6. The molecule has 0 aliphatic heterocycles. The molecule has 6 nitrogen and oxygen atoms in total. The second-order valence-corrected chi connectivity index (χ2v) is 6.56. The van der Waals surface area contributed by atoms with E-state index in [0.717, 1.165) is 11.1 Å². The van der Waals surface area contributed by atoms with Crippen molar-refractivity contribution in [1.82, 2.24) is 10.1 Å². The van der Waals surface area contributed by atoms with Gasteiger partial charge in [0.25, 0.3) is 5.89 Å². The largest absolute Gasteiger partial charge is 0.481 e. The van der Waals surface area contributed by atoms with Gasteiger partial charge in [-0.05, 0) is 50.5 Å². The summed E-state index contributed by atoms with van der Waals surface area (Å²) in [6, 6.07) is 10.4. The Labute approximate surface area is 162 Å². The highest BCUT2D eigenvalue weighted by Crippen LogP contribution is 2.24. The number of halogens is 1. The second-order valence-electron chi connectivity index (χ2n) is 6.56. The van der Waals surface area contributed by atoms with Crippen LogP contribution in [0.15, 0.2) is 40.9 Å². The average Bonchev–Trinajstić information content (AvgIpc) is 3.14. The van der Waals surface area contributed by atoms with E-state index in [1.165, 1.54) is 6.07 Å². The van der Waals surface area contributed by atoms with Gasteiger partial charge in [-0.15, -0.1) is 0 Å². The SMILES string of the molecule is Cc1ccc(-c2noc(C(C)OC(=O)COc3c(C)cccc3C)n2)cc1F. The molecule has 2 aromatic carbocycles. The van der Waals surface area contributed by atoms with Crippen molar-refractivity contribution in [3.63, 3.8) is 0 Å². The summed E-state index contributed by atoms with van der Waals surface area (Å²) in [5.41, 5.74) is 2.88. The zero-order chi connectivity index (χ0) is 20.3. The third kappa shape index (κ3) is 4.36. The zero-order valence-corrected chi connectivity index (χ0v) is 16.2. The summed E-state index contributed by atoms with van der Waals surface area (Å²) in [5.74, 6) is 0.0943. The van der Waals surface area contributed by atoms with Crippen LogP contribution in [0, 0.1) is 26.6 Å². The van der Waals surface area contributed by atoms with E-state index in [0.29, 0.717) is 16.9 Å². The van der Waals surface area contributed by atoms with Crippen molar-refractivity contribution in [3.05, 3.63) is 64.8 Å². The Balaban J connectivity index is 1.61. The van der Waals surface area contributed by atoms with Crippen LogP contribution >= 0.6 is 0 Å². The molecule has 0 N–H and O–H groups in total. The van der Waals surface area contributed by atoms with Crippen molar-refractivity contribution in [2.24, 2.45) is 0 Å². The molecule has 0 fully saturated rings. The number of hydrogen-bond acceptors (Lipinski definition) is 6. The maximum atomic E-state index is 13.7. The highest BCUT2D eigenvalue weighted by Gasteiger charge is 2.20. The summed E-state index contributed by atoms with van der Waals surface area (Å²) in [6.45, 7) is 6.86. The summed E-state index contributed by atoms with van der Waals surface area (Å²) >= 11 is 0. The van der Waals surface area contributed by atoms with Crippen LogP contribution in [0.25, 0.3) is 11.4 Å². The second kappa shape index (κ2) is 8.21. The fourth-order valence-corrected chi connectivity index (χ4v) is 2.69. The van der Waals surface area contributed by atoms with E-state index in [2.05, 4.69) is 10.1 Å². The van der Waals surface area contributed by atoms with Crippen LogP contribution in [0.1, 0.15) is 35.6 Å². The van der Waals surface area contributed by atoms with Gasteiger partial charge in [0.05, 0.1) is 0 Å². The van der Waals surface area contributed by atoms with Crippen LogP contribution < -0.4 is 4.74 Å². The minimum Gasteiger partial charge on any atom is -0.481 e. The number of nitrogens with zero attached hydrogens (tertiary/aromatic N) is 2. The van der Waals surface area contributed by atoms with Crippen LogP contribution in [-0.4, -0.2) is 22.7 Å². The van der Waals surface area contributed by atoms with Gasteiger partial charge >= 0.3 is 5.97 Å². The lowest BCUT2D eigenvalue weighted by molar-refractivity contribution is -0.152. The molecule has 3 rings (SSSR count). The first-order chi connectivity index (χ1) is 13.3. The van der Waals surface area contributed by atoms with Crippen LogP contribution in [0.4, 0.5) is 4.39 Å². The maximum Gasteiger partial charge on any atom is 0.344 e. The molecule has 146 valence electrons. The summed E-state index contributed by atoms with van der Waals surface area (Å²) in [5, 5.41) is 3.83. The van der Waals surface area contributed by atoms with Crippen LogP contribution in [-0.2, 0) is 9.53 Å². The van der Waals surface area contributed by atoms with E-state index in [1.54, 1.807) is 26.0 Å². The average molecular weight is 384 g/mol. The van der Waals surface area contributed by atoms with Crippen molar-refractivity contribution in [2.45, 2.75) is 33.8 Å². The predicted octanol–water partition coefficient (Wildman–Crippen LogP) is 4.48. The fraction of sp³-hybridized carbons (Fsp3) is 0.286. The molecule has 1 heterocycles. The molecule has 1 atom stereocenters. The minimum atomic E-state index is -0.759. The molecule has 0 aliphatic carbocycles. The van der Waals surface area contributed by atoms with Crippen molar-refractivity contribution in [2.75, 3.05) is 6.61 Å². The molecule has 3 aromatic rings. The van der Waals surface area contributed by atoms with Gasteiger partial charge in [-0.25, -0.2) is 9.18 Å². The number of aromatic nitrogens is 2. The number of para-hydroxylation sites is 1. The monoisotopic (exact) mass is 384 g/mol. The molecular weight excluding hydrogens is 363 g/mol. The first kappa shape index (κ1) is 19.5. The summed E-state index contributed by atoms with van der Waals surface area (Å²) < 4.78 is 29.7. The van der Waals surface area contributed by atoms with Crippen LogP contribution in [0.2, 0.25) is 0 Å². The lowest BCUT2D eigenvalue weighted by Crippen LogP contribution is -2.17. The Bertz CT molecular complexity index is 980.